The van der Waals surface area contributed by atoms with E-state index in [0.717, 1.165) is 33.8 Å². The monoisotopic (exact) mass is 368 g/mol. The molecule has 0 saturated carbocycles. The molecule has 0 N–H and O–H groups in total. The van der Waals surface area contributed by atoms with Crippen LogP contribution in [0.15, 0.2) is 60.7 Å². The number of anilines is 1. The third-order valence-corrected chi connectivity index (χ3v) is 4.95. The zero-order chi connectivity index (χ0) is 19.7. The normalized spacial score (nSPS) is 13.7. The van der Waals surface area contributed by atoms with E-state index in [9.17, 15) is 9.59 Å². The summed E-state index contributed by atoms with van der Waals surface area (Å²) in [5.41, 5.74) is 5.81. The zero-order valence-corrected chi connectivity index (χ0v) is 15.8. The Labute approximate surface area is 164 Å². The topological polar surface area (TPSA) is 50.3 Å². The van der Waals surface area contributed by atoms with Gasteiger partial charge in [0.05, 0.1) is 23.6 Å². The molecule has 138 valence electrons. The number of rotatable bonds is 2. The number of carbonyl (C=O) groups is 2. The van der Waals surface area contributed by atoms with Crippen molar-refractivity contribution in [3.63, 3.8) is 0 Å². The number of hydrogen-bond acceptors (Lipinski definition) is 3. The van der Waals surface area contributed by atoms with Crippen LogP contribution in [0.25, 0.3) is 23.4 Å². The fraction of sp³-hybridized carbons (Fsp3) is 0.125. The number of aromatic nitrogens is 1. The SMILES string of the molecule is CC(=O)c1ccccc1-c1ccc2c(n1)CN(C(C)=O)c1ccccc1/C=C\2. The lowest BCUT2D eigenvalue weighted by Gasteiger charge is -2.25. The molecule has 4 heteroatoms. The smallest absolute Gasteiger partial charge is 0.224 e. The van der Waals surface area contributed by atoms with E-state index >= 15 is 0 Å². The summed E-state index contributed by atoms with van der Waals surface area (Å²) in [6.45, 7) is 3.50. The fourth-order valence-electron chi connectivity index (χ4n) is 3.52. The molecule has 1 aliphatic heterocycles. The van der Waals surface area contributed by atoms with Gasteiger partial charge in [0.25, 0.3) is 0 Å². The van der Waals surface area contributed by atoms with E-state index < -0.39 is 0 Å². The number of ketones is 1. The van der Waals surface area contributed by atoms with Crippen LogP contribution >= 0.6 is 0 Å². The van der Waals surface area contributed by atoms with Crippen LogP contribution in [0.1, 0.15) is 41.0 Å². The van der Waals surface area contributed by atoms with Crippen LogP contribution in [0.5, 0.6) is 0 Å². The molecule has 0 radical (unpaired) electrons. The van der Waals surface area contributed by atoms with E-state index in [2.05, 4.69) is 0 Å². The van der Waals surface area contributed by atoms with E-state index in [-0.39, 0.29) is 11.7 Å². The molecule has 0 unspecified atom stereocenters. The number of para-hydroxylation sites is 1. The van der Waals surface area contributed by atoms with Gasteiger partial charge in [0.2, 0.25) is 5.91 Å². The maximum absolute atomic E-state index is 12.4. The van der Waals surface area contributed by atoms with Crippen LogP contribution in [-0.2, 0) is 11.3 Å². The van der Waals surface area contributed by atoms with E-state index in [1.807, 2.05) is 72.8 Å². The molecular weight excluding hydrogens is 348 g/mol. The van der Waals surface area contributed by atoms with Crippen LogP contribution in [0.4, 0.5) is 5.69 Å². The van der Waals surface area contributed by atoms with Crippen LogP contribution in [0, 0.1) is 0 Å². The first-order valence-corrected chi connectivity index (χ1v) is 9.20. The molecule has 1 amide bonds. The molecule has 3 aromatic rings. The first-order valence-electron chi connectivity index (χ1n) is 9.20. The number of carbonyl (C=O) groups excluding carboxylic acids is 2. The predicted molar refractivity (Wildman–Crippen MR) is 112 cm³/mol. The van der Waals surface area contributed by atoms with Gasteiger partial charge in [0.1, 0.15) is 0 Å². The number of benzene rings is 2. The minimum absolute atomic E-state index is 0.00308. The van der Waals surface area contributed by atoms with Crippen molar-refractivity contribution in [2.75, 3.05) is 4.90 Å². The molecule has 28 heavy (non-hydrogen) atoms. The Balaban J connectivity index is 1.85. The van der Waals surface area contributed by atoms with Gasteiger partial charge in [-0.25, -0.2) is 0 Å². The van der Waals surface area contributed by atoms with Gasteiger partial charge in [0.15, 0.2) is 5.78 Å². The van der Waals surface area contributed by atoms with Gasteiger partial charge < -0.3 is 4.90 Å². The van der Waals surface area contributed by atoms with Crippen LogP contribution in [0.2, 0.25) is 0 Å². The molecular formula is C24H20N2O2. The first-order chi connectivity index (χ1) is 13.5. The Morgan fingerprint density at radius 3 is 2.36 bits per heavy atom. The molecule has 0 bridgehead atoms. The summed E-state index contributed by atoms with van der Waals surface area (Å²) in [6.07, 6.45) is 4.04. The summed E-state index contributed by atoms with van der Waals surface area (Å²) in [6, 6.07) is 19.2. The summed E-state index contributed by atoms with van der Waals surface area (Å²) in [4.78, 5) is 31.0. The van der Waals surface area contributed by atoms with E-state index in [1.165, 1.54) is 0 Å². The maximum Gasteiger partial charge on any atom is 0.224 e. The average molecular weight is 368 g/mol. The van der Waals surface area contributed by atoms with E-state index in [4.69, 9.17) is 4.98 Å². The number of hydrogen-bond donors (Lipinski definition) is 0. The van der Waals surface area contributed by atoms with Gasteiger partial charge in [-0.2, -0.15) is 0 Å². The Morgan fingerprint density at radius 1 is 0.857 bits per heavy atom. The number of nitrogens with zero attached hydrogens (tertiary/aromatic N) is 2. The minimum atomic E-state index is -0.0370. The van der Waals surface area contributed by atoms with Gasteiger partial charge in [-0.3, -0.25) is 14.6 Å². The molecule has 0 saturated heterocycles. The van der Waals surface area contributed by atoms with Crippen molar-refractivity contribution in [1.82, 2.24) is 4.98 Å². The van der Waals surface area contributed by atoms with Crippen molar-refractivity contribution in [3.8, 4) is 11.3 Å². The predicted octanol–water partition coefficient (Wildman–Crippen LogP) is 4.99. The average Bonchev–Trinajstić information content (AvgIpc) is 2.69. The van der Waals surface area contributed by atoms with E-state index in [0.29, 0.717) is 12.1 Å². The molecule has 0 aliphatic carbocycles. The second-order valence-corrected chi connectivity index (χ2v) is 6.83. The quantitative estimate of drug-likeness (QED) is 0.599. The van der Waals surface area contributed by atoms with Crippen molar-refractivity contribution >= 4 is 29.5 Å². The molecule has 0 fully saturated rings. The highest BCUT2D eigenvalue weighted by molar-refractivity contribution is 6.00. The van der Waals surface area contributed by atoms with Gasteiger partial charge >= 0.3 is 0 Å². The van der Waals surface area contributed by atoms with Crippen molar-refractivity contribution in [1.29, 1.82) is 0 Å². The van der Waals surface area contributed by atoms with Crippen molar-refractivity contribution in [2.45, 2.75) is 20.4 Å². The Morgan fingerprint density at radius 2 is 1.57 bits per heavy atom. The summed E-state index contributed by atoms with van der Waals surface area (Å²) in [5, 5.41) is 0. The number of Topliss-reactive ketones (excluding diaryl/α,β-unsaturated/α-hetero) is 1. The van der Waals surface area contributed by atoms with Crippen LogP contribution in [0.3, 0.4) is 0 Å². The Kier molecular flexibility index (Phi) is 4.62. The van der Waals surface area contributed by atoms with Gasteiger partial charge in [-0.1, -0.05) is 60.7 Å². The van der Waals surface area contributed by atoms with Crippen molar-refractivity contribution < 1.29 is 9.59 Å². The largest absolute Gasteiger partial charge is 0.306 e. The zero-order valence-electron chi connectivity index (χ0n) is 15.8. The number of pyridine rings is 1. The summed E-state index contributed by atoms with van der Waals surface area (Å²) < 4.78 is 0. The van der Waals surface area contributed by atoms with Crippen LogP contribution in [-0.4, -0.2) is 16.7 Å². The van der Waals surface area contributed by atoms with Gasteiger partial charge in [0, 0.05) is 18.1 Å². The Hall–Kier alpha value is -3.53. The maximum atomic E-state index is 12.4. The highest BCUT2D eigenvalue weighted by atomic mass is 16.2. The molecule has 2 heterocycles. The summed E-state index contributed by atoms with van der Waals surface area (Å²) in [7, 11) is 0. The van der Waals surface area contributed by atoms with E-state index in [1.54, 1.807) is 18.7 Å². The van der Waals surface area contributed by atoms with Gasteiger partial charge in [-0.05, 0) is 30.2 Å². The minimum Gasteiger partial charge on any atom is -0.306 e. The Bertz CT molecular complexity index is 1120. The molecule has 0 spiro atoms. The third kappa shape index (κ3) is 3.25. The second-order valence-electron chi connectivity index (χ2n) is 6.83. The van der Waals surface area contributed by atoms with Crippen LogP contribution < -0.4 is 4.90 Å². The number of fused-ring (bicyclic) bond motifs is 2. The molecule has 4 nitrogen and oxygen atoms in total. The second kappa shape index (κ2) is 7.24. The number of amides is 1. The molecule has 2 aromatic carbocycles. The molecule has 0 atom stereocenters. The summed E-state index contributed by atoms with van der Waals surface area (Å²) >= 11 is 0. The van der Waals surface area contributed by atoms with Gasteiger partial charge in [-0.15, -0.1) is 0 Å². The molecule has 1 aromatic heterocycles. The first kappa shape index (κ1) is 17.9. The molecule has 4 rings (SSSR count). The summed E-state index contributed by atoms with van der Waals surface area (Å²) in [5.74, 6) is -0.0339. The third-order valence-electron chi connectivity index (χ3n) is 4.95. The highest BCUT2D eigenvalue weighted by Crippen LogP contribution is 2.30. The molecule has 1 aliphatic rings. The fourth-order valence-corrected chi connectivity index (χ4v) is 3.52. The highest BCUT2D eigenvalue weighted by Gasteiger charge is 2.20. The van der Waals surface area contributed by atoms with Crippen molar-refractivity contribution in [2.24, 2.45) is 0 Å². The lowest BCUT2D eigenvalue weighted by molar-refractivity contribution is -0.116. The lowest BCUT2D eigenvalue weighted by atomic mass is 9.99. The lowest BCUT2D eigenvalue weighted by Crippen LogP contribution is -2.29. The van der Waals surface area contributed by atoms with Crippen molar-refractivity contribution in [3.05, 3.63) is 83.0 Å². The standard InChI is InChI=1S/C24H20N2O2/c1-16(27)20-8-4-5-9-21(20)22-14-13-18-11-12-19-7-3-6-10-24(19)26(17(2)28)15-23(18)25-22/h3-14H,15H2,1-2H3/b12-11-.